The first-order valence-corrected chi connectivity index (χ1v) is 8.80. The standard InChI is InChI=1S/C20H14BBrF2O3/c1-26-18-8-5-13(6-9-18)19(25)12-20(27-21(23)24)16-3-2-15-11-17(22)7-4-14(15)10-16/h2-12H,1H3/b20-12-. The summed E-state index contributed by atoms with van der Waals surface area (Å²) in [6.45, 7) is 0. The molecule has 0 N–H and O–H groups in total. The molecule has 0 fully saturated rings. The molecule has 0 aliphatic rings. The smallest absolute Gasteiger partial charge is 0.505 e. The number of fused-ring (bicyclic) bond motifs is 1. The molecule has 0 aromatic heterocycles. The van der Waals surface area contributed by atoms with Gasteiger partial charge in [-0.3, -0.25) is 4.79 Å². The molecular weight excluding hydrogens is 417 g/mol. The van der Waals surface area contributed by atoms with E-state index in [9.17, 15) is 13.4 Å². The zero-order valence-electron chi connectivity index (χ0n) is 14.3. The molecule has 0 aliphatic carbocycles. The number of ether oxygens (including phenoxy) is 1. The SMILES string of the molecule is COc1ccc(C(=O)/C=C(\OB(F)F)c2ccc3cc(Br)ccc3c2)cc1. The van der Waals surface area contributed by atoms with Crippen molar-refractivity contribution in [1.82, 2.24) is 0 Å². The van der Waals surface area contributed by atoms with Gasteiger partial charge >= 0.3 is 7.47 Å². The van der Waals surface area contributed by atoms with E-state index in [1.807, 2.05) is 18.2 Å². The van der Waals surface area contributed by atoms with E-state index in [2.05, 4.69) is 20.6 Å². The number of methoxy groups -OCH3 is 1. The Labute approximate surface area is 163 Å². The molecule has 0 heterocycles. The van der Waals surface area contributed by atoms with Gasteiger partial charge in [0.15, 0.2) is 5.78 Å². The van der Waals surface area contributed by atoms with E-state index in [0.717, 1.165) is 21.3 Å². The molecule has 0 spiro atoms. The van der Waals surface area contributed by atoms with E-state index in [0.29, 0.717) is 16.9 Å². The largest absolute Gasteiger partial charge is 0.796 e. The Morgan fingerprint density at radius 1 is 0.963 bits per heavy atom. The van der Waals surface area contributed by atoms with Crippen LogP contribution >= 0.6 is 15.9 Å². The minimum absolute atomic E-state index is 0.185. The third kappa shape index (κ3) is 4.74. The van der Waals surface area contributed by atoms with Crippen LogP contribution in [0.2, 0.25) is 0 Å². The first-order chi connectivity index (χ1) is 13.0. The van der Waals surface area contributed by atoms with E-state index < -0.39 is 13.3 Å². The summed E-state index contributed by atoms with van der Waals surface area (Å²) >= 11 is 3.39. The van der Waals surface area contributed by atoms with Crippen LogP contribution in [0.5, 0.6) is 5.75 Å². The van der Waals surface area contributed by atoms with Gasteiger partial charge in [-0.2, -0.15) is 0 Å². The fourth-order valence-corrected chi connectivity index (χ4v) is 2.99. The number of carbonyl (C=O) groups is 1. The van der Waals surface area contributed by atoms with Crippen molar-refractivity contribution in [2.24, 2.45) is 0 Å². The summed E-state index contributed by atoms with van der Waals surface area (Å²) in [5, 5.41) is 1.78. The van der Waals surface area contributed by atoms with Crippen molar-refractivity contribution in [2.75, 3.05) is 7.11 Å². The van der Waals surface area contributed by atoms with Gasteiger partial charge in [-0.1, -0.05) is 34.1 Å². The highest BCUT2D eigenvalue weighted by atomic mass is 79.9. The van der Waals surface area contributed by atoms with Crippen molar-refractivity contribution in [3.05, 3.63) is 82.3 Å². The average Bonchev–Trinajstić information content (AvgIpc) is 2.66. The van der Waals surface area contributed by atoms with E-state index in [4.69, 9.17) is 4.74 Å². The predicted octanol–water partition coefficient (Wildman–Crippen LogP) is 5.78. The second-order valence-corrected chi connectivity index (χ2v) is 6.60. The average molecular weight is 431 g/mol. The summed E-state index contributed by atoms with van der Waals surface area (Å²) in [5.74, 6) is -0.0277. The monoisotopic (exact) mass is 430 g/mol. The number of allylic oxidation sites excluding steroid dienone is 1. The van der Waals surface area contributed by atoms with Gasteiger partial charge in [-0.25, -0.2) is 8.63 Å². The molecule has 0 atom stereocenters. The molecule has 3 rings (SSSR count). The molecule has 0 radical (unpaired) electrons. The molecule has 136 valence electrons. The van der Waals surface area contributed by atoms with Crippen LogP contribution < -0.4 is 4.74 Å². The van der Waals surface area contributed by atoms with Crippen LogP contribution in [0.1, 0.15) is 15.9 Å². The molecule has 0 bridgehead atoms. The molecule has 3 aromatic rings. The molecule has 7 heteroatoms. The van der Waals surface area contributed by atoms with Crippen molar-refractivity contribution >= 4 is 45.7 Å². The fraction of sp³-hybridized carbons (Fsp3) is 0.0500. The normalized spacial score (nSPS) is 11.3. The van der Waals surface area contributed by atoms with Gasteiger partial charge in [0.05, 0.1) is 7.11 Å². The fourth-order valence-electron chi connectivity index (χ4n) is 2.61. The van der Waals surface area contributed by atoms with Gasteiger partial charge in [0.2, 0.25) is 0 Å². The third-order valence-corrected chi connectivity index (χ3v) is 4.43. The van der Waals surface area contributed by atoms with Gasteiger partial charge in [0.1, 0.15) is 11.5 Å². The number of carbonyl (C=O) groups excluding carboxylic acids is 1. The molecule has 27 heavy (non-hydrogen) atoms. The molecule has 0 saturated carbocycles. The topological polar surface area (TPSA) is 35.5 Å². The first-order valence-electron chi connectivity index (χ1n) is 8.01. The Kier molecular flexibility index (Phi) is 5.91. The Morgan fingerprint density at radius 2 is 1.59 bits per heavy atom. The summed E-state index contributed by atoms with van der Waals surface area (Å²) in [5.41, 5.74) is 0.739. The molecular formula is C20H14BBrF2O3. The first kappa shape index (κ1) is 19.1. The molecule has 3 nitrogen and oxygen atoms in total. The summed E-state index contributed by atoms with van der Waals surface area (Å²) in [7, 11) is -1.52. The van der Waals surface area contributed by atoms with E-state index >= 15 is 0 Å². The van der Waals surface area contributed by atoms with Crippen LogP contribution in [0.15, 0.2) is 71.2 Å². The van der Waals surface area contributed by atoms with Crippen LogP contribution in [-0.2, 0) is 4.65 Å². The van der Waals surface area contributed by atoms with Crippen LogP contribution in [-0.4, -0.2) is 20.4 Å². The maximum Gasteiger partial charge on any atom is 0.796 e. The molecule has 0 saturated heterocycles. The quantitative estimate of drug-likeness (QED) is 0.215. The third-order valence-electron chi connectivity index (χ3n) is 3.94. The van der Waals surface area contributed by atoms with E-state index in [-0.39, 0.29) is 5.76 Å². The Morgan fingerprint density at radius 3 is 2.26 bits per heavy atom. The minimum Gasteiger partial charge on any atom is -0.505 e. The lowest BCUT2D eigenvalue weighted by atomic mass is 10.0. The molecule has 3 aromatic carbocycles. The van der Waals surface area contributed by atoms with E-state index in [1.54, 1.807) is 42.5 Å². The lowest BCUT2D eigenvalue weighted by Gasteiger charge is -2.10. The zero-order valence-corrected chi connectivity index (χ0v) is 15.9. The lowest BCUT2D eigenvalue weighted by molar-refractivity contribution is 0.104. The zero-order chi connectivity index (χ0) is 19.4. The number of hydrogen-bond donors (Lipinski definition) is 0. The number of hydrogen-bond acceptors (Lipinski definition) is 3. The second-order valence-electron chi connectivity index (χ2n) is 5.69. The highest BCUT2D eigenvalue weighted by molar-refractivity contribution is 9.10. The van der Waals surface area contributed by atoms with E-state index in [1.165, 1.54) is 7.11 Å². The van der Waals surface area contributed by atoms with Crippen LogP contribution in [0.3, 0.4) is 0 Å². The van der Waals surface area contributed by atoms with Crippen molar-refractivity contribution in [3.63, 3.8) is 0 Å². The maximum absolute atomic E-state index is 12.9. The number of benzene rings is 3. The van der Waals surface area contributed by atoms with Gasteiger partial charge in [-0.15, -0.1) is 0 Å². The number of rotatable bonds is 6. The van der Waals surface area contributed by atoms with Crippen LogP contribution in [0.25, 0.3) is 16.5 Å². The van der Waals surface area contributed by atoms with Gasteiger partial charge < -0.3 is 9.39 Å². The lowest BCUT2D eigenvalue weighted by Crippen LogP contribution is -2.06. The highest BCUT2D eigenvalue weighted by Gasteiger charge is 2.21. The summed E-state index contributed by atoms with van der Waals surface area (Å²) in [6, 6.07) is 17.1. The van der Waals surface area contributed by atoms with Crippen LogP contribution in [0, 0.1) is 0 Å². The highest BCUT2D eigenvalue weighted by Crippen LogP contribution is 2.26. The van der Waals surface area contributed by atoms with Crippen molar-refractivity contribution in [1.29, 1.82) is 0 Å². The predicted molar refractivity (Wildman–Crippen MR) is 106 cm³/mol. The summed E-state index contributed by atoms with van der Waals surface area (Å²) in [6.07, 6.45) is 1.08. The Hall–Kier alpha value is -2.67. The van der Waals surface area contributed by atoms with Gasteiger partial charge in [0.25, 0.3) is 0 Å². The maximum atomic E-state index is 12.9. The summed E-state index contributed by atoms with van der Waals surface area (Å²) in [4.78, 5) is 12.5. The second kappa shape index (κ2) is 8.35. The number of halogens is 3. The van der Waals surface area contributed by atoms with Gasteiger partial charge in [0, 0.05) is 21.7 Å². The molecule has 0 unspecified atom stereocenters. The minimum atomic E-state index is -3.04. The van der Waals surface area contributed by atoms with Gasteiger partial charge in [-0.05, 0) is 53.2 Å². The molecule has 0 amide bonds. The van der Waals surface area contributed by atoms with Crippen molar-refractivity contribution < 1.29 is 22.8 Å². The van der Waals surface area contributed by atoms with Crippen molar-refractivity contribution in [2.45, 2.75) is 0 Å². The number of ketones is 1. The van der Waals surface area contributed by atoms with Crippen LogP contribution in [0.4, 0.5) is 8.63 Å². The Bertz CT molecular complexity index is 1000. The van der Waals surface area contributed by atoms with Crippen molar-refractivity contribution in [3.8, 4) is 5.75 Å². The molecule has 0 aliphatic heterocycles. The Balaban J connectivity index is 1.98. The summed E-state index contributed by atoms with van der Waals surface area (Å²) < 4.78 is 36.4.